The Hall–Kier alpha value is -4.42. The molecule has 1 saturated heterocycles. The van der Waals surface area contributed by atoms with Gasteiger partial charge < -0.3 is 4.74 Å². The van der Waals surface area contributed by atoms with E-state index in [1.165, 1.54) is 12.1 Å². The summed E-state index contributed by atoms with van der Waals surface area (Å²) in [4.78, 5) is 49.3. The highest BCUT2D eigenvalue weighted by molar-refractivity contribution is 6.40. The Balaban J connectivity index is 1.69. The number of benzene rings is 3. The Kier molecular flexibility index (Phi) is 7.59. The average Bonchev–Trinajstić information content (AvgIpc) is 2.85. The van der Waals surface area contributed by atoms with Gasteiger partial charge in [-0.15, -0.1) is 0 Å². The van der Waals surface area contributed by atoms with E-state index in [1.807, 2.05) is 6.92 Å². The summed E-state index contributed by atoms with van der Waals surface area (Å²) in [6.07, 6.45) is -3.70. The summed E-state index contributed by atoms with van der Waals surface area (Å²) in [5.41, 5.74) is -0.559. The molecular weight excluding hydrogens is 578 g/mol. The molecule has 14 heteroatoms. The molecule has 0 radical (unpaired) electrons. The first-order valence-corrected chi connectivity index (χ1v) is 11.9. The van der Waals surface area contributed by atoms with Crippen LogP contribution in [-0.2, 0) is 15.8 Å². The predicted octanol–water partition coefficient (Wildman–Crippen LogP) is 7.00. The standard InChI is InChI=1S/C26H16Cl2F3N3O6/c1-12-3-5-16(7-13(12)2)33-24(36)17(23(35)32-25(33)37)8-14-9-18(27)22(19(28)10-14)40-21-6-4-15(26(29,30)31)11-20(21)34(38)39/h3-11H,1-2H3,(H,32,35,37)/b17-8+. The molecule has 0 spiro atoms. The van der Waals surface area contributed by atoms with E-state index >= 15 is 0 Å². The largest absolute Gasteiger partial charge is 0.447 e. The number of ether oxygens (including phenoxy) is 1. The predicted molar refractivity (Wildman–Crippen MR) is 140 cm³/mol. The Labute approximate surface area is 233 Å². The van der Waals surface area contributed by atoms with Gasteiger partial charge in [0.1, 0.15) is 5.57 Å². The maximum atomic E-state index is 13.2. The molecule has 3 aromatic carbocycles. The van der Waals surface area contributed by atoms with Crippen LogP contribution in [0.3, 0.4) is 0 Å². The van der Waals surface area contributed by atoms with Crippen molar-refractivity contribution in [2.24, 2.45) is 0 Å². The molecule has 0 bridgehead atoms. The number of imide groups is 2. The number of amides is 4. The summed E-state index contributed by atoms with van der Waals surface area (Å²) in [6, 6.07) is 8.02. The normalized spacial score (nSPS) is 14.9. The SMILES string of the molecule is Cc1ccc(N2C(=O)NC(=O)/C(=C\c3cc(Cl)c(Oc4ccc(C(F)(F)F)cc4[N+](=O)[O-])c(Cl)c3)C2=O)cc1C. The fourth-order valence-electron chi connectivity index (χ4n) is 3.72. The van der Waals surface area contributed by atoms with Crippen molar-refractivity contribution in [2.45, 2.75) is 20.0 Å². The van der Waals surface area contributed by atoms with E-state index in [4.69, 9.17) is 27.9 Å². The molecule has 1 N–H and O–H groups in total. The zero-order chi connectivity index (χ0) is 29.5. The van der Waals surface area contributed by atoms with Gasteiger partial charge in [-0.25, -0.2) is 9.69 Å². The van der Waals surface area contributed by atoms with Crippen LogP contribution in [0, 0.1) is 24.0 Å². The zero-order valence-electron chi connectivity index (χ0n) is 20.4. The highest BCUT2D eigenvalue weighted by Crippen LogP contribution is 2.42. The Bertz CT molecular complexity index is 1620. The third-order valence-electron chi connectivity index (χ3n) is 5.88. The van der Waals surface area contributed by atoms with Gasteiger partial charge in [-0.2, -0.15) is 13.2 Å². The van der Waals surface area contributed by atoms with Crippen molar-refractivity contribution in [3.8, 4) is 11.5 Å². The first kappa shape index (κ1) is 28.6. The molecule has 206 valence electrons. The van der Waals surface area contributed by atoms with Gasteiger partial charge in [0.25, 0.3) is 11.8 Å². The number of anilines is 1. The minimum Gasteiger partial charge on any atom is -0.447 e. The Morgan fingerprint density at radius 1 is 0.975 bits per heavy atom. The number of halogens is 5. The fraction of sp³-hybridized carbons (Fsp3) is 0.115. The number of aryl methyl sites for hydroxylation is 2. The fourth-order valence-corrected chi connectivity index (χ4v) is 4.30. The smallest absolute Gasteiger partial charge is 0.416 e. The van der Waals surface area contributed by atoms with Gasteiger partial charge in [0, 0.05) is 6.07 Å². The summed E-state index contributed by atoms with van der Waals surface area (Å²) in [6.45, 7) is 3.64. The Morgan fingerprint density at radius 3 is 2.20 bits per heavy atom. The van der Waals surface area contributed by atoms with E-state index in [9.17, 15) is 37.7 Å². The zero-order valence-corrected chi connectivity index (χ0v) is 21.9. The van der Waals surface area contributed by atoms with Gasteiger partial charge >= 0.3 is 17.9 Å². The number of carbonyl (C=O) groups is 3. The number of urea groups is 1. The average molecular weight is 594 g/mol. The first-order chi connectivity index (χ1) is 18.7. The number of nitrogens with one attached hydrogen (secondary N) is 1. The van der Waals surface area contributed by atoms with Crippen LogP contribution in [0.15, 0.2) is 54.1 Å². The van der Waals surface area contributed by atoms with Crippen molar-refractivity contribution >= 4 is 58.5 Å². The van der Waals surface area contributed by atoms with Crippen molar-refractivity contribution in [1.29, 1.82) is 0 Å². The van der Waals surface area contributed by atoms with Crippen LogP contribution in [0.25, 0.3) is 6.08 Å². The molecule has 1 aliphatic heterocycles. The number of barbiturate groups is 1. The van der Waals surface area contributed by atoms with Crippen LogP contribution in [-0.4, -0.2) is 22.8 Å². The summed E-state index contributed by atoms with van der Waals surface area (Å²) in [5.74, 6) is -2.76. The number of hydrogen-bond acceptors (Lipinski definition) is 6. The molecule has 0 unspecified atom stereocenters. The van der Waals surface area contributed by atoms with Crippen molar-refractivity contribution in [3.63, 3.8) is 0 Å². The van der Waals surface area contributed by atoms with Gasteiger partial charge in [0.2, 0.25) is 5.75 Å². The van der Waals surface area contributed by atoms with Crippen LogP contribution in [0.1, 0.15) is 22.3 Å². The second kappa shape index (κ2) is 10.6. The van der Waals surface area contributed by atoms with Crippen LogP contribution in [0.4, 0.5) is 29.3 Å². The molecular formula is C26H16Cl2F3N3O6. The van der Waals surface area contributed by atoms with Crippen LogP contribution >= 0.6 is 23.2 Å². The number of nitro groups is 1. The monoisotopic (exact) mass is 593 g/mol. The van der Waals surface area contributed by atoms with E-state index in [-0.39, 0.29) is 27.0 Å². The lowest BCUT2D eigenvalue weighted by Gasteiger charge is -2.27. The second-order valence-electron chi connectivity index (χ2n) is 8.58. The summed E-state index contributed by atoms with van der Waals surface area (Å²) in [5, 5.41) is 13.0. The van der Waals surface area contributed by atoms with E-state index < -0.39 is 51.5 Å². The lowest BCUT2D eigenvalue weighted by Crippen LogP contribution is -2.54. The third-order valence-corrected chi connectivity index (χ3v) is 6.44. The lowest BCUT2D eigenvalue weighted by atomic mass is 10.0. The highest BCUT2D eigenvalue weighted by atomic mass is 35.5. The van der Waals surface area contributed by atoms with E-state index in [0.717, 1.165) is 28.2 Å². The van der Waals surface area contributed by atoms with E-state index in [1.54, 1.807) is 25.1 Å². The number of alkyl halides is 3. The van der Waals surface area contributed by atoms with Gasteiger partial charge in [-0.3, -0.25) is 25.0 Å². The molecule has 1 fully saturated rings. The van der Waals surface area contributed by atoms with Crippen LogP contribution in [0.5, 0.6) is 11.5 Å². The van der Waals surface area contributed by atoms with Crippen LogP contribution < -0.4 is 15.0 Å². The molecule has 1 aliphatic rings. The van der Waals surface area contributed by atoms with Gasteiger partial charge in [-0.05, 0) is 73.0 Å². The maximum Gasteiger partial charge on any atom is 0.416 e. The number of nitrogens with zero attached hydrogens (tertiary/aromatic N) is 2. The molecule has 0 saturated carbocycles. The minimum absolute atomic E-state index is 0.122. The number of hydrogen-bond donors (Lipinski definition) is 1. The summed E-state index contributed by atoms with van der Waals surface area (Å²) in [7, 11) is 0. The summed E-state index contributed by atoms with van der Waals surface area (Å²) >= 11 is 12.5. The van der Waals surface area contributed by atoms with Crippen molar-refractivity contribution < 1.29 is 37.2 Å². The van der Waals surface area contributed by atoms with Crippen molar-refractivity contribution in [3.05, 3.63) is 96.5 Å². The van der Waals surface area contributed by atoms with Crippen molar-refractivity contribution in [1.82, 2.24) is 5.32 Å². The molecule has 3 aromatic rings. The molecule has 0 aliphatic carbocycles. The van der Waals surface area contributed by atoms with E-state index in [0.29, 0.717) is 12.1 Å². The van der Waals surface area contributed by atoms with E-state index in [2.05, 4.69) is 5.32 Å². The summed E-state index contributed by atoms with van der Waals surface area (Å²) < 4.78 is 44.4. The number of carbonyl (C=O) groups excluding carboxylic acids is 3. The number of nitro benzene ring substituents is 1. The van der Waals surface area contributed by atoms with Gasteiger partial charge in [0.15, 0.2) is 5.75 Å². The highest BCUT2D eigenvalue weighted by Gasteiger charge is 2.37. The maximum absolute atomic E-state index is 13.2. The Morgan fingerprint density at radius 2 is 1.62 bits per heavy atom. The quantitative estimate of drug-likeness (QED) is 0.147. The molecule has 9 nitrogen and oxygen atoms in total. The van der Waals surface area contributed by atoms with Gasteiger partial charge in [0.05, 0.1) is 26.2 Å². The number of rotatable bonds is 5. The van der Waals surface area contributed by atoms with Crippen LogP contribution in [0.2, 0.25) is 10.0 Å². The molecule has 4 rings (SSSR count). The molecule has 40 heavy (non-hydrogen) atoms. The molecule has 0 atom stereocenters. The molecule has 0 aromatic heterocycles. The second-order valence-corrected chi connectivity index (χ2v) is 9.39. The first-order valence-electron chi connectivity index (χ1n) is 11.2. The third kappa shape index (κ3) is 5.63. The minimum atomic E-state index is -4.82. The van der Waals surface area contributed by atoms with Crippen molar-refractivity contribution in [2.75, 3.05) is 4.90 Å². The topological polar surface area (TPSA) is 119 Å². The lowest BCUT2D eigenvalue weighted by molar-refractivity contribution is -0.385. The molecule has 4 amide bonds. The molecule has 1 heterocycles. The van der Waals surface area contributed by atoms with Gasteiger partial charge in [-0.1, -0.05) is 29.3 Å².